The number of halogens is 2. The van der Waals surface area contributed by atoms with Crippen LogP contribution in [0.3, 0.4) is 0 Å². The summed E-state index contributed by atoms with van der Waals surface area (Å²) in [5.74, 6) is -2.11. The van der Waals surface area contributed by atoms with E-state index in [-0.39, 0.29) is 27.5 Å². The van der Waals surface area contributed by atoms with Crippen LogP contribution in [0.2, 0.25) is 0 Å². The summed E-state index contributed by atoms with van der Waals surface area (Å²) in [6.45, 7) is 0. The molecule has 0 fully saturated rings. The van der Waals surface area contributed by atoms with Gasteiger partial charge in [-0.05, 0) is 35.9 Å². The molecule has 0 saturated carbocycles. The number of nitrogens with one attached hydrogen (secondary N) is 1. The monoisotopic (exact) mass is 435 g/mol. The highest BCUT2D eigenvalue weighted by molar-refractivity contribution is 7.91. The number of hydrogen-bond acceptors (Lipinski definition) is 5. The van der Waals surface area contributed by atoms with Crippen molar-refractivity contribution < 1.29 is 26.7 Å². The van der Waals surface area contributed by atoms with Gasteiger partial charge in [0, 0.05) is 28.7 Å². The van der Waals surface area contributed by atoms with Gasteiger partial charge in [0.2, 0.25) is 15.7 Å². The first-order valence-corrected chi connectivity index (χ1v) is 10.9. The van der Waals surface area contributed by atoms with E-state index in [2.05, 4.69) is 5.32 Å². The van der Waals surface area contributed by atoms with Crippen molar-refractivity contribution in [3.63, 3.8) is 0 Å². The van der Waals surface area contributed by atoms with Gasteiger partial charge in [-0.15, -0.1) is 11.3 Å². The molecule has 2 heterocycles. The number of methoxy groups -OCH3 is 1. The van der Waals surface area contributed by atoms with Crippen LogP contribution in [-0.4, -0.2) is 21.4 Å². The van der Waals surface area contributed by atoms with Gasteiger partial charge in [0.15, 0.2) is 0 Å². The molecule has 9 heteroatoms. The number of ether oxygens (including phenoxy) is 1. The summed E-state index contributed by atoms with van der Waals surface area (Å²) in [6.07, 6.45) is -0.0575. The summed E-state index contributed by atoms with van der Waals surface area (Å²) in [7, 11) is -2.45. The largest absolute Gasteiger partial charge is 0.497 e. The van der Waals surface area contributed by atoms with Crippen LogP contribution >= 0.6 is 11.3 Å². The van der Waals surface area contributed by atoms with Crippen molar-refractivity contribution in [3.05, 3.63) is 69.9 Å². The molecule has 3 aromatic rings. The molecule has 1 aliphatic rings. The second-order valence-electron chi connectivity index (χ2n) is 6.49. The Kier molecular flexibility index (Phi) is 4.87. The van der Waals surface area contributed by atoms with Crippen molar-refractivity contribution in [2.45, 2.75) is 22.1 Å². The second-order valence-corrected chi connectivity index (χ2v) is 9.32. The van der Waals surface area contributed by atoms with E-state index in [0.29, 0.717) is 10.6 Å². The lowest BCUT2D eigenvalue weighted by molar-refractivity contribution is -0.116. The average Bonchev–Trinajstić information content (AvgIpc) is 3.12. The number of sulfone groups is 1. The molecule has 0 unspecified atom stereocenters. The first-order chi connectivity index (χ1) is 13.8. The molecule has 0 spiro atoms. The fourth-order valence-electron chi connectivity index (χ4n) is 3.32. The van der Waals surface area contributed by atoms with E-state index in [4.69, 9.17) is 4.74 Å². The summed E-state index contributed by atoms with van der Waals surface area (Å²) in [6, 6.07) is 9.05. The van der Waals surface area contributed by atoms with Crippen molar-refractivity contribution in [2.24, 2.45) is 0 Å². The van der Waals surface area contributed by atoms with Gasteiger partial charge in [-0.1, -0.05) is 6.07 Å². The first kappa shape index (κ1) is 19.5. The van der Waals surface area contributed by atoms with E-state index < -0.39 is 33.3 Å². The van der Waals surface area contributed by atoms with E-state index in [1.807, 2.05) is 0 Å². The Bertz CT molecular complexity index is 1200. The molecule has 1 aliphatic heterocycles. The number of thiophene rings is 1. The maximum Gasteiger partial charge on any atom is 0.225 e. The molecule has 1 N–H and O–H groups in total. The summed E-state index contributed by atoms with van der Waals surface area (Å²) >= 11 is 1.12. The zero-order valence-electron chi connectivity index (χ0n) is 15.1. The van der Waals surface area contributed by atoms with Crippen LogP contribution in [0.25, 0.3) is 0 Å². The number of carbonyl (C=O) groups excluding carboxylic acids is 1. The number of carbonyl (C=O) groups is 1. The van der Waals surface area contributed by atoms with Crippen molar-refractivity contribution in [1.82, 2.24) is 0 Å². The molecule has 4 rings (SSSR count). The Balaban J connectivity index is 1.81. The number of hydrogen-bond donors (Lipinski definition) is 1. The van der Waals surface area contributed by atoms with Gasteiger partial charge >= 0.3 is 0 Å². The molecule has 29 heavy (non-hydrogen) atoms. The van der Waals surface area contributed by atoms with Crippen LogP contribution in [0, 0.1) is 11.6 Å². The Labute approximate surface area is 169 Å². The Morgan fingerprint density at radius 3 is 2.52 bits per heavy atom. The van der Waals surface area contributed by atoms with Gasteiger partial charge in [0.1, 0.15) is 22.3 Å². The standard InChI is InChI=1S/C20H15F2NO4S2/c1-27-12-3-5-13(6-4-12)29(25,26)17-10-28-20-15(9-18(24)23-19(17)20)14-7-2-11(21)8-16(14)22/h2-8,10,15H,9H2,1H3,(H,23,24)/t15-/m0/s1. The number of anilines is 1. The quantitative estimate of drug-likeness (QED) is 0.662. The predicted octanol–water partition coefficient (Wildman–Crippen LogP) is 4.34. The highest BCUT2D eigenvalue weighted by Gasteiger charge is 2.35. The van der Waals surface area contributed by atoms with Gasteiger partial charge < -0.3 is 10.1 Å². The maximum atomic E-state index is 14.3. The summed E-state index contributed by atoms with van der Waals surface area (Å²) in [5, 5.41) is 4.04. The highest BCUT2D eigenvalue weighted by atomic mass is 32.2. The molecule has 1 aromatic heterocycles. The van der Waals surface area contributed by atoms with Gasteiger partial charge in [0.05, 0.1) is 17.7 Å². The molecule has 0 bridgehead atoms. The maximum absolute atomic E-state index is 14.3. The van der Waals surface area contributed by atoms with Crippen LogP contribution in [0.4, 0.5) is 14.5 Å². The van der Waals surface area contributed by atoms with Crippen LogP contribution in [0.15, 0.2) is 57.6 Å². The van der Waals surface area contributed by atoms with Crippen molar-refractivity contribution >= 4 is 32.8 Å². The van der Waals surface area contributed by atoms with E-state index in [0.717, 1.165) is 23.5 Å². The van der Waals surface area contributed by atoms with Crippen LogP contribution < -0.4 is 10.1 Å². The van der Waals surface area contributed by atoms with E-state index in [1.165, 1.54) is 42.8 Å². The third-order valence-electron chi connectivity index (χ3n) is 4.75. The molecule has 0 aliphatic carbocycles. The SMILES string of the molecule is COc1ccc(S(=O)(=O)c2csc3c2NC(=O)C[C@H]3c2ccc(F)cc2F)cc1. The molecule has 1 amide bonds. The van der Waals surface area contributed by atoms with E-state index in [1.54, 1.807) is 0 Å². The zero-order chi connectivity index (χ0) is 20.8. The Morgan fingerprint density at radius 2 is 1.86 bits per heavy atom. The second kappa shape index (κ2) is 7.23. The summed E-state index contributed by atoms with van der Waals surface area (Å²) in [4.78, 5) is 12.8. The van der Waals surface area contributed by atoms with Crippen LogP contribution in [0.5, 0.6) is 5.75 Å². The van der Waals surface area contributed by atoms with E-state index in [9.17, 15) is 22.0 Å². The normalized spacial score (nSPS) is 16.2. The summed E-state index contributed by atoms with van der Waals surface area (Å²) < 4.78 is 58.9. The minimum atomic E-state index is -3.92. The van der Waals surface area contributed by atoms with Gasteiger partial charge in [-0.2, -0.15) is 0 Å². The third kappa shape index (κ3) is 3.40. The number of benzene rings is 2. The van der Waals surface area contributed by atoms with Crippen molar-refractivity contribution in [3.8, 4) is 5.75 Å². The average molecular weight is 435 g/mol. The summed E-state index contributed by atoms with van der Waals surface area (Å²) in [5.41, 5.74) is 0.300. The predicted molar refractivity (Wildman–Crippen MR) is 104 cm³/mol. The highest BCUT2D eigenvalue weighted by Crippen LogP contribution is 2.46. The molecule has 150 valence electrons. The number of amides is 1. The number of rotatable bonds is 4. The van der Waals surface area contributed by atoms with Crippen molar-refractivity contribution in [1.29, 1.82) is 0 Å². The lowest BCUT2D eigenvalue weighted by atomic mass is 9.90. The minimum absolute atomic E-state index is 0.0447. The van der Waals surface area contributed by atoms with Crippen LogP contribution in [-0.2, 0) is 14.6 Å². The van der Waals surface area contributed by atoms with Gasteiger partial charge in [-0.3, -0.25) is 4.79 Å². The van der Waals surface area contributed by atoms with Gasteiger partial charge in [0.25, 0.3) is 0 Å². The zero-order valence-corrected chi connectivity index (χ0v) is 16.7. The minimum Gasteiger partial charge on any atom is -0.497 e. The first-order valence-electron chi connectivity index (χ1n) is 8.56. The molecule has 1 atom stereocenters. The molecule has 2 aromatic carbocycles. The fraction of sp³-hybridized carbons (Fsp3) is 0.150. The third-order valence-corrected chi connectivity index (χ3v) is 7.79. The lowest BCUT2D eigenvalue weighted by Gasteiger charge is -2.24. The Hall–Kier alpha value is -2.78. The molecule has 0 radical (unpaired) electrons. The van der Waals surface area contributed by atoms with Gasteiger partial charge in [-0.25, -0.2) is 17.2 Å². The van der Waals surface area contributed by atoms with E-state index >= 15 is 0 Å². The van der Waals surface area contributed by atoms with Crippen LogP contribution in [0.1, 0.15) is 22.8 Å². The lowest BCUT2D eigenvalue weighted by Crippen LogP contribution is -2.24. The molecule has 0 saturated heterocycles. The molecular weight excluding hydrogens is 420 g/mol. The Morgan fingerprint density at radius 1 is 1.14 bits per heavy atom. The molecule has 5 nitrogen and oxygen atoms in total. The van der Waals surface area contributed by atoms with Crippen molar-refractivity contribution in [2.75, 3.05) is 12.4 Å². The molecular formula is C20H15F2NO4S2. The fourth-order valence-corrected chi connectivity index (χ4v) is 6.22. The topological polar surface area (TPSA) is 72.5 Å². The number of fused-ring (bicyclic) bond motifs is 1. The smallest absolute Gasteiger partial charge is 0.225 e.